The summed E-state index contributed by atoms with van der Waals surface area (Å²) >= 11 is 0. The lowest BCUT2D eigenvalue weighted by Gasteiger charge is -2.30. The maximum absolute atomic E-state index is 11.6. The van der Waals surface area contributed by atoms with Gasteiger partial charge >= 0.3 is 6.03 Å². The van der Waals surface area contributed by atoms with Gasteiger partial charge in [0.2, 0.25) is 5.89 Å². The second kappa shape index (κ2) is 5.77. The number of aromatic nitrogens is 1. The number of benzene rings is 1. The summed E-state index contributed by atoms with van der Waals surface area (Å²) < 4.78 is 5.45. The predicted molar refractivity (Wildman–Crippen MR) is 75.2 cm³/mol. The number of hydrogen-bond acceptors (Lipinski definition) is 3. The van der Waals surface area contributed by atoms with Gasteiger partial charge in [-0.1, -0.05) is 18.2 Å². The summed E-state index contributed by atoms with van der Waals surface area (Å²) in [5.41, 5.74) is 1.82. The fourth-order valence-electron chi connectivity index (χ4n) is 2.06. The molecule has 2 amide bonds. The summed E-state index contributed by atoms with van der Waals surface area (Å²) in [4.78, 5) is 17.8. The van der Waals surface area contributed by atoms with E-state index in [-0.39, 0.29) is 6.03 Å². The zero-order valence-corrected chi connectivity index (χ0v) is 11.2. The Morgan fingerprint density at radius 2 is 2.10 bits per heavy atom. The zero-order valence-electron chi connectivity index (χ0n) is 11.2. The van der Waals surface area contributed by atoms with Gasteiger partial charge in [-0.15, -0.1) is 0 Å². The monoisotopic (exact) mass is 271 g/mol. The van der Waals surface area contributed by atoms with Gasteiger partial charge in [0.05, 0.1) is 5.69 Å². The second-order valence-electron chi connectivity index (χ2n) is 4.83. The van der Waals surface area contributed by atoms with Gasteiger partial charge in [0.1, 0.15) is 6.26 Å². The van der Waals surface area contributed by atoms with E-state index in [4.69, 9.17) is 4.42 Å². The maximum atomic E-state index is 11.6. The van der Waals surface area contributed by atoms with Crippen molar-refractivity contribution in [3.63, 3.8) is 0 Å². The van der Waals surface area contributed by atoms with Crippen molar-refractivity contribution in [2.24, 2.45) is 0 Å². The molecule has 1 aromatic carbocycles. The molecule has 3 rings (SSSR count). The third-order valence-corrected chi connectivity index (χ3v) is 3.37. The van der Waals surface area contributed by atoms with E-state index in [1.807, 2.05) is 30.3 Å². The quantitative estimate of drug-likeness (QED) is 0.928. The molecule has 2 aromatic rings. The molecule has 1 aliphatic rings. The standard InChI is InChI=1S/C15H17N3O2/c19-15(18-9-4-10-18)16-8-7-13-11-20-14(17-13)12-5-2-1-3-6-12/h1-3,5-6,11H,4,7-10H2,(H,16,19). The molecule has 0 bridgehead atoms. The van der Waals surface area contributed by atoms with Crippen molar-refractivity contribution in [1.29, 1.82) is 0 Å². The average molecular weight is 271 g/mol. The Hall–Kier alpha value is -2.30. The van der Waals surface area contributed by atoms with Gasteiger partial charge in [0.15, 0.2) is 0 Å². The minimum absolute atomic E-state index is 0.0167. The number of nitrogens with one attached hydrogen (secondary N) is 1. The fourth-order valence-corrected chi connectivity index (χ4v) is 2.06. The summed E-state index contributed by atoms with van der Waals surface area (Å²) in [7, 11) is 0. The lowest BCUT2D eigenvalue weighted by molar-refractivity contribution is 0.168. The predicted octanol–water partition coefficient (Wildman–Crippen LogP) is 2.30. The molecule has 0 saturated carbocycles. The third-order valence-electron chi connectivity index (χ3n) is 3.37. The molecule has 0 atom stereocenters. The summed E-state index contributed by atoms with van der Waals surface area (Å²) in [6, 6.07) is 9.79. The van der Waals surface area contributed by atoms with E-state index in [2.05, 4.69) is 10.3 Å². The SMILES string of the molecule is O=C(NCCc1coc(-c2ccccc2)n1)N1CCC1. The van der Waals surface area contributed by atoms with Crippen LogP contribution >= 0.6 is 0 Å². The zero-order chi connectivity index (χ0) is 13.8. The fraction of sp³-hybridized carbons (Fsp3) is 0.333. The molecule has 0 spiro atoms. The van der Waals surface area contributed by atoms with Crippen LogP contribution in [0.25, 0.3) is 11.5 Å². The third kappa shape index (κ3) is 2.82. The van der Waals surface area contributed by atoms with E-state index in [1.54, 1.807) is 11.2 Å². The minimum Gasteiger partial charge on any atom is -0.444 e. The van der Waals surface area contributed by atoms with Crippen LogP contribution in [0.2, 0.25) is 0 Å². The van der Waals surface area contributed by atoms with E-state index in [9.17, 15) is 4.79 Å². The van der Waals surface area contributed by atoms with Gasteiger partial charge in [0.25, 0.3) is 0 Å². The molecule has 0 unspecified atom stereocenters. The van der Waals surface area contributed by atoms with Crippen molar-refractivity contribution in [2.75, 3.05) is 19.6 Å². The Balaban J connectivity index is 1.51. The Labute approximate surface area is 117 Å². The van der Waals surface area contributed by atoms with E-state index >= 15 is 0 Å². The molecule has 1 saturated heterocycles. The van der Waals surface area contributed by atoms with Crippen molar-refractivity contribution in [3.05, 3.63) is 42.3 Å². The molecule has 1 N–H and O–H groups in total. The molecular weight excluding hydrogens is 254 g/mol. The largest absolute Gasteiger partial charge is 0.444 e. The number of rotatable bonds is 4. The van der Waals surface area contributed by atoms with Crippen molar-refractivity contribution < 1.29 is 9.21 Å². The molecular formula is C15H17N3O2. The van der Waals surface area contributed by atoms with E-state index in [0.29, 0.717) is 18.9 Å². The number of nitrogens with zero attached hydrogens (tertiary/aromatic N) is 2. The maximum Gasteiger partial charge on any atom is 0.317 e. The lowest BCUT2D eigenvalue weighted by atomic mass is 10.2. The van der Waals surface area contributed by atoms with Crippen molar-refractivity contribution >= 4 is 6.03 Å². The van der Waals surface area contributed by atoms with Crippen LogP contribution in [0.3, 0.4) is 0 Å². The summed E-state index contributed by atoms with van der Waals surface area (Å²) in [6.45, 7) is 2.32. The first kappa shape index (κ1) is 12.7. The van der Waals surface area contributed by atoms with Crippen molar-refractivity contribution in [1.82, 2.24) is 15.2 Å². The van der Waals surface area contributed by atoms with Crippen LogP contribution in [0.1, 0.15) is 12.1 Å². The minimum atomic E-state index is 0.0167. The number of oxazole rings is 1. The number of amides is 2. The highest BCUT2D eigenvalue weighted by Crippen LogP contribution is 2.17. The Morgan fingerprint density at radius 1 is 1.30 bits per heavy atom. The van der Waals surface area contributed by atoms with E-state index in [0.717, 1.165) is 30.8 Å². The topological polar surface area (TPSA) is 58.4 Å². The molecule has 0 radical (unpaired) electrons. The normalized spacial score (nSPS) is 13.9. The molecule has 1 fully saturated rings. The number of urea groups is 1. The highest BCUT2D eigenvalue weighted by molar-refractivity contribution is 5.74. The highest BCUT2D eigenvalue weighted by atomic mass is 16.3. The van der Waals surface area contributed by atoms with Gasteiger partial charge in [-0.3, -0.25) is 0 Å². The van der Waals surface area contributed by atoms with Crippen LogP contribution < -0.4 is 5.32 Å². The van der Waals surface area contributed by atoms with Gasteiger partial charge in [-0.25, -0.2) is 9.78 Å². The molecule has 2 heterocycles. The van der Waals surface area contributed by atoms with Gasteiger partial charge in [-0.2, -0.15) is 0 Å². The van der Waals surface area contributed by atoms with E-state index < -0.39 is 0 Å². The first-order chi connectivity index (χ1) is 9.83. The van der Waals surface area contributed by atoms with Crippen LogP contribution in [-0.2, 0) is 6.42 Å². The molecule has 1 aromatic heterocycles. The van der Waals surface area contributed by atoms with Crippen LogP contribution in [0.4, 0.5) is 4.79 Å². The Kier molecular flexibility index (Phi) is 3.67. The molecule has 104 valence electrons. The Bertz CT molecular complexity index is 576. The number of carbonyl (C=O) groups excluding carboxylic acids is 1. The first-order valence-electron chi connectivity index (χ1n) is 6.85. The van der Waals surface area contributed by atoms with Crippen molar-refractivity contribution in [2.45, 2.75) is 12.8 Å². The van der Waals surface area contributed by atoms with E-state index in [1.165, 1.54) is 0 Å². The summed E-state index contributed by atoms with van der Waals surface area (Å²) in [5.74, 6) is 0.620. The lowest BCUT2D eigenvalue weighted by Crippen LogP contribution is -2.48. The van der Waals surface area contributed by atoms with Crippen LogP contribution in [0.5, 0.6) is 0 Å². The molecule has 1 aliphatic heterocycles. The average Bonchev–Trinajstić information content (AvgIpc) is 2.86. The summed E-state index contributed by atoms with van der Waals surface area (Å²) in [6.07, 6.45) is 3.44. The van der Waals surface area contributed by atoms with Crippen LogP contribution in [-0.4, -0.2) is 35.5 Å². The number of likely N-dealkylation sites (tertiary alicyclic amines) is 1. The highest BCUT2D eigenvalue weighted by Gasteiger charge is 2.19. The summed E-state index contributed by atoms with van der Waals surface area (Å²) in [5, 5.41) is 2.89. The van der Waals surface area contributed by atoms with Crippen molar-refractivity contribution in [3.8, 4) is 11.5 Å². The molecule has 5 heteroatoms. The van der Waals surface area contributed by atoms with Gasteiger partial charge in [0, 0.05) is 31.6 Å². The Morgan fingerprint density at radius 3 is 2.80 bits per heavy atom. The molecule has 0 aliphatic carbocycles. The molecule has 20 heavy (non-hydrogen) atoms. The first-order valence-corrected chi connectivity index (χ1v) is 6.85. The van der Waals surface area contributed by atoms with Crippen LogP contribution in [0, 0.1) is 0 Å². The van der Waals surface area contributed by atoms with Gasteiger partial charge < -0.3 is 14.6 Å². The second-order valence-corrected chi connectivity index (χ2v) is 4.83. The number of hydrogen-bond donors (Lipinski definition) is 1. The van der Waals surface area contributed by atoms with Crippen LogP contribution in [0.15, 0.2) is 41.0 Å². The smallest absolute Gasteiger partial charge is 0.317 e. The number of carbonyl (C=O) groups is 1. The molecule has 5 nitrogen and oxygen atoms in total. The van der Waals surface area contributed by atoms with Gasteiger partial charge in [-0.05, 0) is 18.6 Å².